The molecule has 0 amide bonds. The van der Waals surface area contributed by atoms with Gasteiger partial charge in [-0.25, -0.2) is 0 Å². The van der Waals surface area contributed by atoms with E-state index in [4.69, 9.17) is 0 Å². The minimum absolute atomic E-state index is 0.231. The fourth-order valence-corrected chi connectivity index (χ4v) is 5.53. The molecule has 43 heavy (non-hydrogen) atoms. The van der Waals surface area contributed by atoms with Crippen molar-refractivity contribution in [2.75, 3.05) is 9.80 Å². The van der Waals surface area contributed by atoms with Crippen molar-refractivity contribution in [1.29, 1.82) is 0 Å². The molecule has 0 aromatic heterocycles. The molecule has 0 saturated heterocycles. The molecule has 6 aromatic carbocycles. The first-order chi connectivity index (χ1) is 20.9. The second kappa shape index (κ2) is 11.8. The van der Waals surface area contributed by atoms with Crippen LogP contribution in [0.25, 0.3) is 0 Å². The van der Waals surface area contributed by atoms with E-state index < -0.39 is 0 Å². The molecule has 0 atom stereocenters. The molecule has 0 saturated carbocycles. The first-order valence-corrected chi connectivity index (χ1v) is 14.4. The van der Waals surface area contributed by atoms with Crippen LogP contribution in [-0.4, -0.2) is 10.2 Å². The minimum atomic E-state index is -0.248. The lowest BCUT2D eigenvalue weighted by atomic mass is 9.78. The molecule has 0 heterocycles. The standard InChI is InChI=1S/C39H34N2O2/c1-39(2,29-19-23-33(24-20-29)40(31-11-5-3-6-12-31)35-15-9-17-37(42)27-35)30-21-25-34(26-22-30)41(32-13-7-4-8-14-32)36-16-10-18-38(43)28-36/h3-28,42-43H,1-2H3. The summed E-state index contributed by atoms with van der Waals surface area (Å²) in [4.78, 5) is 4.29. The van der Waals surface area contributed by atoms with Gasteiger partial charge in [0.25, 0.3) is 0 Å². The van der Waals surface area contributed by atoms with E-state index in [1.807, 2.05) is 60.7 Å². The van der Waals surface area contributed by atoms with E-state index in [1.165, 1.54) is 11.1 Å². The summed E-state index contributed by atoms with van der Waals surface area (Å²) in [5.41, 5.74) is 7.99. The zero-order valence-electron chi connectivity index (χ0n) is 24.3. The zero-order chi connectivity index (χ0) is 29.8. The van der Waals surface area contributed by atoms with Gasteiger partial charge in [-0.1, -0.05) is 86.6 Å². The summed E-state index contributed by atoms with van der Waals surface area (Å²) in [5.74, 6) is 0.462. The first-order valence-electron chi connectivity index (χ1n) is 14.4. The van der Waals surface area contributed by atoms with Crippen LogP contribution in [0, 0.1) is 0 Å². The SMILES string of the molecule is CC(C)(c1ccc(N(c2ccccc2)c2cccc(O)c2)cc1)c1ccc(N(c2ccccc2)c2cccc(O)c2)cc1. The van der Waals surface area contributed by atoms with Gasteiger partial charge < -0.3 is 20.0 Å². The fourth-order valence-electron chi connectivity index (χ4n) is 5.53. The zero-order valence-corrected chi connectivity index (χ0v) is 24.3. The third-order valence-corrected chi connectivity index (χ3v) is 7.90. The average Bonchev–Trinajstić information content (AvgIpc) is 3.03. The predicted molar refractivity (Wildman–Crippen MR) is 178 cm³/mol. The summed E-state index contributed by atoms with van der Waals surface area (Å²) in [6.07, 6.45) is 0. The van der Waals surface area contributed by atoms with Crippen LogP contribution in [0.15, 0.2) is 158 Å². The van der Waals surface area contributed by atoms with E-state index in [2.05, 4.69) is 96.4 Å². The largest absolute Gasteiger partial charge is 0.508 e. The monoisotopic (exact) mass is 562 g/mol. The third kappa shape index (κ3) is 5.81. The lowest BCUT2D eigenvalue weighted by Gasteiger charge is -2.30. The van der Waals surface area contributed by atoms with Crippen LogP contribution in [0.5, 0.6) is 11.5 Å². The van der Waals surface area contributed by atoms with Crippen molar-refractivity contribution in [3.63, 3.8) is 0 Å². The minimum Gasteiger partial charge on any atom is -0.508 e. The van der Waals surface area contributed by atoms with Gasteiger partial charge in [0.1, 0.15) is 11.5 Å². The quantitative estimate of drug-likeness (QED) is 0.194. The predicted octanol–water partition coefficient (Wildman–Crippen LogP) is 10.4. The van der Waals surface area contributed by atoms with Gasteiger partial charge in [-0.15, -0.1) is 0 Å². The molecule has 0 radical (unpaired) electrons. The highest BCUT2D eigenvalue weighted by Crippen LogP contribution is 2.40. The van der Waals surface area contributed by atoms with Crippen molar-refractivity contribution in [3.05, 3.63) is 169 Å². The number of phenols is 2. The summed E-state index contributed by atoms with van der Waals surface area (Å²) in [5, 5.41) is 20.4. The molecule has 212 valence electrons. The molecular weight excluding hydrogens is 528 g/mol. The molecule has 4 heteroatoms. The van der Waals surface area contributed by atoms with E-state index in [1.54, 1.807) is 24.3 Å². The maximum absolute atomic E-state index is 10.2. The van der Waals surface area contributed by atoms with E-state index in [-0.39, 0.29) is 16.9 Å². The smallest absolute Gasteiger partial charge is 0.117 e. The number of nitrogens with zero attached hydrogens (tertiary/aromatic N) is 2. The van der Waals surface area contributed by atoms with Crippen LogP contribution in [0.2, 0.25) is 0 Å². The van der Waals surface area contributed by atoms with Gasteiger partial charge in [-0.2, -0.15) is 0 Å². The molecule has 0 aliphatic rings. The molecule has 0 aliphatic heterocycles. The topological polar surface area (TPSA) is 46.9 Å². The van der Waals surface area contributed by atoms with Crippen molar-refractivity contribution in [3.8, 4) is 11.5 Å². The molecular formula is C39H34N2O2. The highest BCUT2D eigenvalue weighted by Gasteiger charge is 2.24. The Morgan fingerprint density at radius 1 is 0.372 bits per heavy atom. The van der Waals surface area contributed by atoms with Crippen LogP contribution >= 0.6 is 0 Å². The average molecular weight is 563 g/mol. The Hall–Kier alpha value is -5.48. The number of phenolic OH excluding ortho intramolecular Hbond substituents is 2. The molecule has 0 fully saturated rings. The number of hydrogen-bond acceptors (Lipinski definition) is 4. The van der Waals surface area contributed by atoms with Crippen molar-refractivity contribution >= 4 is 34.1 Å². The van der Waals surface area contributed by atoms with Gasteiger partial charge in [-0.05, 0) is 83.9 Å². The van der Waals surface area contributed by atoms with Crippen molar-refractivity contribution in [1.82, 2.24) is 0 Å². The number of benzene rings is 6. The second-order valence-electron chi connectivity index (χ2n) is 11.1. The first kappa shape index (κ1) is 27.7. The lowest BCUT2D eigenvalue weighted by molar-refractivity contribution is 0.475. The van der Waals surface area contributed by atoms with Crippen molar-refractivity contribution < 1.29 is 10.2 Å². The van der Waals surface area contributed by atoms with Crippen LogP contribution < -0.4 is 9.80 Å². The van der Waals surface area contributed by atoms with Crippen LogP contribution in [0.1, 0.15) is 25.0 Å². The van der Waals surface area contributed by atoms with Gasteiger partial charge in [0, 0.05) is 51.7 Å². The molecule has 2 N–H and O–H groups in total. The Morgan fingerprint density at radius 3 is 1.05 bits per heavy atom. The van der Waals surface area contributed by atoms with E-state index >= 15 is 0 Å². The van der Waals surface area contributed by atoms with Crippen molar-refractivity contribution in [2.45, 2.75) is 19.3 Å². The Balaban J connectivity index is 1.32. The number of para-hydroxylation sites is 2. The van der Waals surface area contributed by atoms with Gasteiger partial charge in [0.2, 0.25) is 0 Å². The van der Waals surface area contributed by atoms with Gasteiger partial charge >= 0.3 is 0 Å². The Morgan fingerprint density at radius 2 is 0.698 bits per heavy atom. The van der Waals surface area contributed by atoms with Gasteiger partial charge in [0.05, 0.1) is 0 Å². The number of aromatic hydroxyl groups is 2. The molecule has 4 nitrogen and oxygen atoms in total. The van der Waals surface area contributed by atoms with Crippen molar-refractivity contribution in [2.24, 2.45) is 0 Å². The highest BCUT2D eigenvalue weighted by molar-refractivity contribution is 5.78. The van der Waals surface area contributed by atoms with E-state index in [0.717, 1.165) is 34.1 Å². The van der Waals surface area contributed by atoms with Crippen LogP contribution in [0.3, 0.4) is 0 Å². The Kier molecular flexibility index (Phi) is 7.59. The summed E-state index contributed by atoms with van der Waals surface area (Å²) in [6.45, 7) is 4.48. The highest BCUT2D eigenvalue weighted by atomic mass is 16.3. The van der Waals surface area contributed by atoms with Gasteiger partial charge in [-0.3, -0.25) is 0 Å². The summed E-state index contributed by atoms with van der Waals surface area (Å²) in [7, 11) is 0. The molecule has 0 unspecified atom stereocenters. The number of anilines is 6. The normalized spacial score (nSPS) is 11.2. The Labute approximate surface area is 253 Å². The van der Waals surface area contributed by atoms with Crippen LogP contribution in [-0.2, 0) is 5.41 Å². The molecule has 6 aromatic rings. The maximum Gasteiger partial charge on any atom is 0.117 e. The number of rotatable bonds is 8. The lowest BCUT2D eigenvalue weighted by Crippen LogP contribution is -2.19. The second-order valence-corrected chi connectivity index (χ2v) is 11.1. The van der Waals surface area contributed by atoms with Crippen LogP contribution in [0.4, 0.5) is 34.1 Å². The van der Waals surface area contributed by atoms with E-state index in [0.29, 0.717) is 0 Å². The Bertz CT molecular complexity index is 1660. The fraction of sp³-hybridized carbons (Fsp3) is 0.0769. The third-order valence-electron chi connectivity index (χ3n) is 7.90. The summed E-state index contributed by atoms with van der Waals surface area (Å²) < 4.78 is 0. The molecule has 0 aliphatic carbocycles. The molecule has 0 bridgehead atoms. The number of hydrogen-bond donors (Lipinski definition) is 2. The summed E-state index contributed by atoms with van der Waals surface area (Å²) >= 11 is 0. The molecule has 0 spiro atoms. The summed E-state index contributed by atoms with van der Waals surface area (Å²) in [6, 6.07) is 52.3. The van der Waals surface area contributed by atoms with Gasteiger partial charge in [0.15, 0.2) is 0 Å². The maximum atomic E-state index is 10.2. The van der Waals surface area contributed by atoms with E-state index in [9.17, 15) is 10.2 Å². The molecule has 6 rings (SSSR count).